The summed E-state index contributed by atoms with van der Waals surface area (Å²) < 4.78 is 43.9. The van der Waals surface area contributed by atoms with Gasteiger partial charge in [0.25, 0.3) is 0 Å². The van der Waals surface area contributed by atoms with Crippen LogP contribution in [0.5, 0.6) is 0 Å². The molecular weight excluding hydrogens is 631 g/mol. The zero-order valence-corrected chi connectivity index (χ0v) is 27.9. The number of nitrogens with zero attached hydrogens (tertiary/aromatic N) is 1. The van der Waals surface area contributed by atoms with Gasteiger partial charge in [-0.25, -0.2) is 0 Å². The van der Waals surface area contributed by atoms with Crippen molar-refractivity contribution in [3.63, 3.8) is 0 Å². The third kappa shape index (κ3) is 5.74. The molecule has 1 nitrogen and oxygen atoms in total. The van der Waals surface area contributed by atoms with Crippen molar-refractivity contribution in [1.29, 1.82) is 0 Å². The van der Waals surface area contributed by atoms with E-state index in [2.05, 4.69) is 120 Å². The molecular formula is C46H31NS2. The maximum absolute atomic E-state index is 8.49. The highest BCUT2D eigenvalue weighted by atomic mass is 32.1. The van der Waals surface area contributed by atoms with Crippen LogP contribution in [0.3, 0.4) is 0 Å². The number of anilines is 3. The van der Waals surface area contributed by atoms with E-state index >= 15 is 0 Å². The number of benzene rings is 7. The highest BCUT2D eigenvalue weighted by Gasteiger charge is 2.16. The van der Waals surface area contributed by atoms with E-state index in [1.54, 1.807) is 11.3 Å². The SMILES string of the molecule is [2H]c1c([2H])c([2H])c(-c2ccc(N(c3ccc(-c4ccccc4)cc3)c3ccc(-c4ccc(-c5ccc6sc7ccccc7c6c5)cc4)s3)cc2)c([2H])c1[2H]. The Bertz CT molecular complexity index is 2780. The van der Waals surface area contributed by atoms with E-state index in [1.165, 1.54) is 31.3 Å². The van der Waals surface area contributed by atoms with Gasteiger partial charge in [0.1, 0.15) is 5.00 Å². The molecule has 2 aromatic heterocycles. The average molecular weight is 667 g/mol. The first-order valence-corrected chi connectivity index (χ1v) is 17.7. The zero-order chi connectivity index (χ0) is 36.9. The lowest BCUT2D eigenvalue weighted by Gasteiger charge is -2.24. The summed E-state index contributed by atoms with van der Waals surface area (Å²) in [4.78, 5) is 3.33. The van der Waals surface area contributed by atoms with Crippen molar-refractivity contribution in [3.8, 4) is 43.8 Å². The number of fused-ring (bicyclic) bond motifs is 3. The summed E-state index contributed by atoms with van der Waals surface area (Å²) in [7, 11) is 0. The molecule has 0 saturated heterocycles. The van der Waals surface area contributed by atoms with Crippen LogP contribution in [0, 0.1) is 0 Å². The second kappa shape index (κ2) is 12.7. The lowest BCUT2D eigenvalue weighted by molar-refractivity contribution is 1.32. The van der Waals surface area contributed by atoms with Crippen LogP contribution in [0.4, 0.5) is 16.4 Å². The van der Waals surface area contributed by atoms with Crippen LogP contribution in [0.15, 0.2) is 188 Å². The molecule has 0 N–H and O–H groups in total. The topological polar surface area (TPSA) is 3.24 Å². The summed E-state index contributed by atoms with van der Waals surface area (Å²) in [6.07, 6.45) is 0. The molecule has 0 aliphatic rings. The van der Waals surface area contributed by atoms with E-state index in [0.717, 1.165) is 37.9 Å². The van der Waals surface area contributed by atoms with Gasteiger partial charge >= 0.3 is 0 Å². The summed E-state index contributed by atoms with van der Waals surface area (Å²) in [5.74, 6) is 0. The Morgan fingerprint density at radius 1 is 0.388 bits per heavy atom. The standard InChI is InChI=1S/C46H31NS2/c1-3-9-32(10-4-1)34-19-24-39(25-20-34)47(40-26-21-35(22-27-40)33-11-5-2-6-12-33)46-30-29-43(49-46)37-17-15-36(16-18-37)38-23-28-45-42(31-38)41-13-7-8-14-44(41)48-45/h1-31H/i1D,3D,4D,9D,10D. The van der Waals surface area contributed by atoms with E-state index in [1.807, 2.05) is 53.8 Å². The van der Waals surface area contributed by atoms with E-state index in [9.17, 15) is 0 Å². The predicted octanol–water partition coefficient (Wildman–Crippen LogP) is 14.3. The number of hydrogen-bond acceptors (Lipinski definition) is 3. The zero-order valence-electron chi connectivity index (χ0n) is 31.3. The lowest BCUT2D eigenvalue weighted by atomic mass is 10.0. The van der Waals surface area contributed by atoms with Crippen molar-refractivity contribution in [2.45, 2.75) is 0 Å². The van der Waals surface area contributed by atoms with Crippen LogP contribution < -0.4 is 4.90 Å². The lowest BCUT2D eigenvalue weighted by Crippen LogP contribution is -2.08. The molecule has 7 aromatic carbocycles. The molecule has 0 amide bonds. The monoisotopic (exact) mass is 666 g/mol. The summed E-state index contributed by atoms with van der Waals surface area (Å²) in [5.41, 5.74) is 8.38. The van der Waals surface area contributed by atoms with Gasteiger partial charge in [0.2, 0.25) is 0 Å². The van der Waals surface area contributed by atoms with E-state index in [-0.39, 0.29) is 29.7 Å². The summed E-state index contributed by atoms with van der Waals surface area (Å²) in [6.45, 7) is 0. The molecule has 9 rings (SSSR count). The van der Waals surface area contributed by atoms with Crippen molar-refractivity contribution in [1.82, 2.24) is 0 Å². The Kier molecular flexibility index (Phi) is 6.33. The molecule has 0 aliphatic carbocycles. The molecule has 0 atom stereocenters. The van der Waals surface area contributed by atoms with Gasteiger partial charge in [-0.1, -0.05) is 133 Å². The summed E-state index contributed by atoms with van der Waals surface area (Å²) in [5, 5.41) is 3.61. The van der Waals surface area contributed by atoms with Gasteiger partial charge in [0, 0.05) is 36.4 Å². The second-order valence-electron chi connectivity index (χ2n) is 11.8. The second-order valence-corrected chi connectivity index (χ2v) is 14.0. The minimum absolute atomic E-state index is 0.191. The van der Waals surface area contributed by atoms with Gasteiger partial charge in [-0.15, -0.1) is 22.7 Å². The summed E-state index contributed by atoms with van der Waals surface area (Å²) >= 11 is 3.53. The quantitative estimate of drug-likeness (QED) is 0.164. The van der Waals surface area contributed by atoms with Gasteiger partial charge < -0.3 is 4.90 Å². The Hall–Kier alpha value is -5.74. The molecule has 49 heavy (non-hydrogen) atoms. The van der Waals surface area contributed by atoms with Crippen molar-refractivity contribution >= 4 is 59.2 Å². The Balaban J connectivity index is 1.06. The summed E-state index contributed by atoms with van der Waals surface area (Å²) in [6, 6.07) is 53.2. The first kappa shape index (κ1) is 24.4. The minimum Gasteiger partial charge on any atom is -0.302 e. The molecule has 0 spiro atoms. The Morgan fingerprint density at radius 2 is 0.939 bits per heavy atom. The highest BCUT2D eigenvalue weighted by molar-refractivity contribution is 7.25. The smallest absolute Gasteiger partial charge is 0.101 e. The van der Waals surface area contributed by atoms with Gasteiger partial charge in [-0.05, 0) is 93.5 Å². The van der Waals surface area contributed by atoms with Crippen LogP contribution in [0.1, 0.15) is 6.85 Å². The average Bonchev–Trinajstić information content (AvgIpc) is 3.86. The highest BCUT2D eigenvalue weighted by Crippen LogP contribution is 2.43. The molecule has 0 radical (unpaired) electrons. The normalized spacial score (nSPS) is 12.7. The van der Waals surface area contributed by atoms with Crippen LogP contribution in [-0.2, 0) is 0 Å². The van der Waals surface area contributed by atoms with Crippen molar-refractivity contribution in [2.24, 2.45) is 0 Å². The molecule has 0 aliphatic heterocycles. The Morgan fingerprint density at radius 3 is 1.67 bits per heavy atom. The minimum atomic E-state index is -0.396. The van der Waals surface area contributed by atoms with Gasteiger partial charge in [-0.2, -0.15) is 0 Å². The van der Waals surface area contributed by atoms with E-state index in [0.29, 0.717) is 5.56 Å². The van der Waals surface area contributed by atoms with Crippen LogP contribution in [-0.4, -0.2) is 0 Å². The van der Waals surface area contributed by atoms with Crippen molar-refractivity contribution < 1.29 is 6.85 Å². The number of rotatable bonds is 7. The first-order valence-electron chi connectivity index (χ1n) is 18.6. The number of hydrogen-bond donors (Lipinski definition) is 0. The van der Waals surface area contributed by atoms with Gasteiger partial charge in [0.05, 0.1) is 6.85 Å². The molecule has 0 unspecified atom stereocenters. The molecule has 0 bridgehead atoms. The van der Waals surface area contributed by atoms with Gasteiger partial charge in [0.15, 0.2) is 0 Å². The first-order chi connectivity index (χ1) is 26.3. The van der Waals surface area contributed by atoms with Crippen LogP contribution in [0.2, 0.25) is 0 Å². The van der Waals surface area contributed by atoms with E-state index in [4.69, 9.17) is 6.85 Å². The van der Waals surface area contributed by atoms with Gasteiger partial charge in [-0.3, -0.25) is 0 Å². The maximum Gasteiger partial charge on any atom is 0.101 e. The van der Waals surface area contributed by atoms with E-state index < -0.39 is 6.04 Å². The molecule has 2 heterocycles. The predicted molar refractivity (Wildman–Crippen MR) is 214 cm³/mol. The molecule has 0 fully saturated rings. The Labute approximate surface area is 301 Å². The fourth-order valence-corrected chi connectivity index (χ4v) is 8.48. The van der Waals surface area contributed by atoms with Crippen molar-refractivity contribution in [2.75, 3.05) is 4.90 Å². The van der Waals surface area contributed by atoms with Crippen molar-refractivity contribution in [3.05, 3.63) is 188 Å². The third-order valence-corrected chi connectivity index (χ3v) is 11.1. The molecule has 3 heteroatoms. The van der Waals surface area contributed by atoms with Crippen LogP contribution >= 0.6 is 22.7 Å². The number of thiophene rings is 2. The largest absolute Gasteiger partial charge is 0.302 e. The van der Waals surface area contributed by atoms with Crippen LogP contribution in [0.25, 0.3) is 64.0 Å². The third-order valence-electron chi connectivity index (χ3n) is 8.84. The molecule has 232 valence electrons. The molecule has 9 aromatic rings. The fraction of sp³-hybridized carbons (Fsp3) is 0. The molecule has 0 saturated carbocycles. The fourth-order valence-electron chi connectivity index (χ4n) is 6.34. The maximum atomic E-state index is 8.49.